The number of carbonyl (C=O) groups excluding carboxylic acids is 3. The molecular formula is C29H28N4O4. The largest absolute Gasteiger partial charge is 0.304 e. The first-order valence-corrected chi connectivity index (χ1v) is 12.2. The third kappa shape index (κ3) is 4.39. The van der Waals surface area contributed by atoms with Gasteiger partial charge in [-0.25, -0.2) is 5.01 Å². The molecular weight excluding hydrogens is 468 g/mol. The Morgan fingerprint density at radius 2 is 1.86 bits per heavy atom. The SMILES string of the molecule is C=CCn1c(=O)c(C2CC(=O)N(NC(=O)c3ccncc3)C3=C2C(=O)CC(C)(C)C3)cc2ccccc21. The third-order valence-electron chi connectivity index (χ3n) is 7.02. The van der Waals surface area contributed by atoms with Crippen molar-refractivity contribution in [1.29, 1.82) is 0 Å². The third-order valence-corrected chi connectivity index (χ3v) is 7.02. The molecule has 8 nitrogen and oxygen atoms in total. The van der Waals surface area contributed by atoms with Crippen LogP contribution in [0.1, 0.15) is 54.9 Å². The fraction of sp³-hybridized carbons (Fsp3) is 0.276. The quantitative estimate of drug-likeness (QED) is 0.540. The Labute approximate surface area is 214 Å². The summed E-state index contributed by atoms with van der Waals surface area (Å²) in [4.78, 5) is 57.7. The maximum Gasteiger partial charge on any atom is 0.270 e. The Kier molecular flexibility index (Phi) is 6.11. The highest BCUT2D eigenvalue weighted by atomic mass is 16.2. The van der Waals surface area contributed by atoms with E-state index in [-0.39, 0.29) is 30.1 Å². The molecule has 5 rings (SSSR count). The predicted molar refractivity (Wildman–Crippen MR) is 139 cm³/mol. The van der Waals surface area contributed by atoms with Gasteiger partial charge in [-0.2, -0.15) is 0 Å². The van der Waals surface area contributed by atoms with Crippen LogP contribution in [0.2, 0.25) is 0 Å². The highest BCUT2D eigenvalue weighted by Gasteiger charge is 2.45. The molecule has 0 spiro atoms. The number of nitrogens with one attached hydrogen (secondary N) is 1. The second-order valence-electron chi connectivity index (χ2n) is 10.3. The molecule has 1 aliphatic carbocycles. The molecule has 1 unspecified atom stereocenters. The fourth-order valence-corrected chi connectivity index (χ4v) is 5.39. The molecule has 2 amide bonds. The van der Waals surface area contributed by atoms with Crippen LogP contribution >= 0.6 is 0 Å². The van der Waals surface area contributed by atoms with Crippen molar-refractivity contribution in [3.63, 3.8) is 0 Å². The fourth-order valence-electron chi connectivity index (χ4n) is 5.39. The van der Waals surface area contributed by atoms with Crippen LogP contribution in [0, 0.1) is 5.41 Å². The standard InChI is InChI=1S/C29H28N4O4/c1-4-13-32-22-8-6-5-7-19(22)14-21(28(32)37)20-15-25(35)33(31-27(36)18-9-11-30-12-10-18)23-16-29(2,3)17-24(34)26(20)23/h4-12,14,20H,1,13,15-17H2,2-3H3,(H,31,36). The summed E-state index contributed by atoms with van der Waals surface area (Å²) in [7, 11) is 0. The molecule has 0 saturated heterocycles. The van der Waals surface area contributed by atoms with Gasteiger partial charge in [-0.15, -0.1) is 6.58 Å². The lowest BCUT2D eigenvalue weighted by molar-refractivity contribution is -0.134. The zero-order valence-electron chi connectivity index (χ0n) is 20.9. The number of allylic oxidation sites excluding steroid dienone is 3. The summed E-state index contributed by atoms with van der Waals surface area (Å²) < 4.78 is 1.62. The van der Waals surface area contributed by atoms with E-state index in [1.54, 1.807) is 28.8 Å². The second kappa shape index (κ2) is 9.28. The Bertz CT molecular complexity index is 1530. The molecule has 2 aliphatic rings. The van der Waals surface area contributed by atoms with Gasteiger partial charge in [0.2, 0.25) is 5.91 Å². The predicted octanol–water partition coefficient (Wildman–Crippen LogP) is 3.89. The van der Waals surface area contributed by atoms with Gasteiger partial charge in [0.05, 0.1) is 11.2 Å². The van der Waals surface area contributed by atoms with Gasteiger partial charge >= 0.3 is 0 Å². The molecule has 3 heterocycles. The van der Waals surface area contributed by atoms with Crippen LogP contribution in [-0.2, 0) is 16.1 Å². The van der Waals surface area contributed by atoms with E-state index in [1.165, 1.54) is 17.4 Å². The van der Waals surface area contributed by atoms with E-state index in [4.69, 9.17) is 0 Å². The number of rotatable bonds is 5. The zero-order valence-corrected chi connectivity index (χ0v) is 20.9. The van der Waals surface area contributed by atoms with Crippen LogP contribution in [0.25, 0.3) is 10.9 Å². The molecule has 0 fully saturated rings. The van der Waals surface area contributed by atoms with Crippen molar-refractivity contribution in [3.05, 3.63) is 100 Å². The summed E-state index contributed by atoms with van der Waals surface area (Å²) >= 11 is 0. The van der Waals surface area contributed by atoms with Gasteiger partial charge in [-0.1, -0.05) is 38.1 Å². The number of pyridine rings is 2. The lowest BCUT2D eigenvalue weighted by Crippen LogP contribution is -2.52. The first-order chi connectivity index (χ1) is 17.7. The molecule has 188 valence electrons. The highest BCUT2D eigenvalue weighted by molar-refractivity contribution is 6.03. The van der Waals surface area contributed by atoms with Crippen LogP contribution in [0.5, 0.6) is 0 Å². The van der Waals surface area contributed by atoms with E-state index >= 15 is 0 Å². The molecule has 2 aromatic heterocycles. The summed E-state index contributed by atoms with van der Waals surface area (Å²) in [6, 6.07) is 12.4. The molecule has 0 bridgehead atoms. The normalized spacial score (nSPS) is 19.1. The number of fused-ring (bicyclic) bond motifs is 1. The summed E-state index contributed by atoms with van der Waals surface area (Å²) in [6.07, 6.45) is 5.23. The second-order valence-corrected chi connectivity index (χ2v) is 10.3. The molecule has 0 saturated carbocycles. The number of Topliss-reactive ketones (excluding diaryl/α,β-unsaturated/α-hetero) is 1. The molecule has 0 radical (unpaired) electrons. The number of amides is 2. The van der Waals surface area contributed by atoms with E-state index in [2.05, 4.69) is 17.0 Å². The minimum absolute atomic E-state index is 0.108. The van der Waals surface area contributed by atoms with Gasteiger partial charge in [0.15, 0.2) is 5.78 Å². The number of hydrogen-bond acceptors (Lipinski definition) is 5. The molecule has 37 heavy (non-hydrogen) atoms. The van der Waals surface area contributed by atoms with Crippen molar-refractivity contribution in [2.75, 3.05) is 0 Å². The van der Waals surface area contributed by atoms with Crippen LogP contribution < -0.4 is 11.0 Å². The number of aromatic nitrogens is 2. The Morgan fingerprint density at radius 3 is 2.59 bits per heavy atom. The lowest BCUT2D eigenvalue weighted by atomic mass is 9.69. The topological polar surface area (TPSA) is 101 Å². The summed E-state index contributed by atoms with van der Waals surface area (Å²) in [5.74, 6) is -1.67. The number of nitrogens with zero attached hydrogens (tertiary/aromatic N) is 3. The van der Waals surface area contributed by atoms with E-state index in [0.717, 1.165) is 10.9 Å². The van der Waals surface area contributed by atoms with Crippen LogP contribution in [0.15, 0.2) is 83.6 Å². The summed E-state index contributed by atoms with van der Waals surface area (Å²) in [5, 5.41) is 2.06. The monoisotopic (exact) mass is 496 g/mol. The van der Waals surface area contributed by atoms with Crippen LogP contribution in [0.3, 0.4) is 0 Å². The lowest BCUT2D eigenvalue weighted by Gasteiger charge is -2.42. The van der Waals surface area contributed by atoms with Gasteiger partial charge < -0.3 is 4.57 Å². The molecule has 1 atom stereocenters. The van der Waals surface area contributed by atoms with Crippen molar-refractivity contribution >= 4 is 28.5 Å². The van der Waals surface area contributed by atoms with Crippen molar-refractivity contribution < 1.29 is 14.4 Å². The Balaban J connectivity index is 1.66. The molecule has 1 N–H and O–H groups in total. The summed E-state index contributed by atoms with van der Waals surface area (Å²) in [5.41, 5.74) is 4.41. The van der Waals surface area contributed by atoms with E-state index in [9.17, 15) is 19.2 Å². The highest BCUT2D eigenvalue weighted by Crippen LogP contribution is 2.46. The first kappa shape index (κ1) is 24.4. The van der Waals surface area contributed by atoms with Crippen molar-refractivity contribution in [1.82, 2.24) is 20.0 Å². The van der Waals surface area contributed by atoms with E-state index in [1.807, 2.05) is 38.1 Å². The number of ketones is 1. The molecule has 1 aromatic carbocycles. The average molecular weight is 497 g/mol. The smallest absolute Gasteiger partial charge is 0.270 e. The number of carbonyl (C=O) groups is 3. The first-order valence-electron chi connectivity index (χ1n) is 12.2. The molecule has 8 heteroatoms. The van der Waals surface area contributed by atoms with Crippen LogP contribution in [0.4, 0.5) is 0 Å². The van der Waals surface area contributed by atoms with E-state index in [0.29, 0.717) is 35.4 Å². The van der Waals surface area contributed by atoms with Gasteiger partial charge in [0, 0.05) is 54.4 Å². The maximum absolute atomic E-state index is 13.7. The minimum atomic E-state index is -0.701. The number of para-hydroxylation sites is 1. The molecule has 3 aromatic rings. The van der Waals surface area contributed by atoms with E-state index < -0.39 is 17.2 Å². The number of hydrogen-bond donors (Lipinski definition) is 1. The zero-order chi connectivity index (χ0) is 26.3. The van der Waals surface area contributed by atoms with Crippen molar-refractivity contribution in [2.24, 2.45) is 5.41 Å². The number of benzene rings is 1. The van der Waals surface area contributed by atoms with Gasteiger partial charge in [-0.3, -0.25) is 29.6 Å². The minimum Gasteiger partial charge on any atom is -0.304 e. The number of hydrazine groups is 1. The Morgan fingerprint density at radius 1 is 1.14 bits per heavy atom. The average Bonchev–Trinajstić information content (AvgIpc) is 2.87. The van der Waals surface area contributed by atoms with Crippen LogP contribution in [-0.4, -0.2) is 32.2 Å². The van der Waals surface area contributed by atoms with Gasteiger partial charge in [0.25, 0.3) is 11.5 Å². The van der Waals surface area contributed by atoms with Gasteiger partial charge in [-0.05, 0) is 41.5 Å². The van der Waals surface area contributed by atoms with Crippen molar-refractivity contribution in [2.45, 2.75) is 45.6 Å². The van der Waals surface area contributed by atoms with Gasteiger partial charge in [0.1, 0.15) is 0 Å². The Hall–Kier alpha value is -4.33. The molecule has 1 aliphatic heterocycles. The van der Waals surface area contributed by atoms with Crippen molar-refractivity contribution in [3.8, 4) is 0 Å². The summed E-state index contributed by atoms with van der Waals surface area (Å²) in [6.45, 7) is 8.00. The maximum atomic E-state index is 13.7.